The number of hydrogen-bond acceptors (Lipinski definition) is 2. The number of nitrogens with zero attached hydrogens (tertiary/aromatic N) is 2. The Kier molecular flexibility index (Phi) is 3.33. The SMILES string of the molecule is Cc1cc(Cl)ccc1C1=CN=C(N2CC(C)(F)C2)CC1. The van der Waals surface area contributed by atoms with Gasteiger partial charge in [-0.15, -0.1) is 0 Å². The number of halogens is 2. The summed E-state index contributed by atoms with van der Waals surface area (Å²) in [6.07, 6.45) is 3.74. The van der Waals surface area contributed by atoms with Crippen LogP contribution in [0, 0.1) is 6.92 Å². The topological polar surface area (TPSA) is 15.6 Å². The molecule has 1 saturated heterocycles. The lowest BCUT2D eigenvalue weighted by Crippen LogP contribution is -2.59. The Hall–Kier alpha value is -1.35. The molecule has 0 bridgehead atoms. The minimum atomic E-state index is -1.04. The number of hydrogen-bond donors (Lipinski definition) is 0. The summed E-state index contributed by atoms with van der Waals surface area (Å²) in [6, 6.07) is 5.93. The van der Waals surface area contributed by atoms with Crippen LogP contribution < -0.4 is 0 Å². The molecule has 2 aliphatic heterocycles. The molecule has 0 aromatic heterocycles. The molecule has 2 nitrogen and oxygen atoms in total. The number of aliphatic imine (C=N–C) groups is 1. The molecule has 106 valence electrons. The Balaban J connectivity index is 1.77. The number of rotatable bonds is 1. The zero-order chi connectivity index (χ0) is 14.3. The normalized spacial score (nSPS) is 21.1. The standard InChI is InChI=1S/C16H18ClFN2/c1-11-7-13(17)4-5-14(11)12-3-6-15(19-8-12)20-9-16(2,18)10-20/h4-5,7-8H,3,6,9-10H2,1-2H3. The van der Waals surface area contributed by atoms with Crippen molar-refractivity contribution in [3.8, 4) is 0 Å². The van der Waals surface area contributed by atoms with Gasteiger partial charge in [0.05, 0.1) is 13.1 Å². The van der Waals surface area contributed by atoms with Gasteiger partial charge in [0, 0.05) is 17.6 Å². The Bertz CT molecular complexity index is 596. The molecule has 0 N–H and O–H groups in total. The summed E-state index contributed by atoms with van der Waals surface area (Å²) in [6.45, 7) is 4.64. The molecular formula is C16H18ClFN2. The largest absolute Gasteiger partial charge is 0.354 e. The number of benzene rings is 1. The molecule has 0 aliphatic carbocycles. The number of allylic oxidation sites excluding steroid dienone is 1. The van der Waals surface area contributed by atoms with Crippen molar-refractivity contribution in [1.82, 2.24) is 4.90 Å². The zero-order valence-electron chi connectivity index (χ0n) is 11.8. The molecular weight excluding hydrogens is 275 g/mol. The fraction of sp³-hybridized carbons (Fsp3) is 0.438. The van der Waals surface area contributed by atoms with Crippen LogP contribution in [-0.4, -0.2) is 29.5 Å². The quantitative estimate of drug-likeness (QED) is 0.756. The summed E-state index contributed by atoms with van der Waals surface area (Å²) in [4.78, 5) is 6.55. The van der Waals surface area contributed by atoms with Crippen LogP contribution in [0.4, 0.5) is 4.39 Å². The van der Waals surface area contributed by atoms with Crippen molar-refractivity contribution in [2.75, 3.05) is 13.1 Å². The summed E-state index contributed by atoms with van der Waals surface area (Å²) in [5, 5.41) is 0.759. The number of likely N-dealkylation sites (tertiary alicyclic amines) is 1. The third-order valence-corrected chi connectivity index (χ3v) is 4.16. The zero-order valence-corrected chi connectivity index (χ0v) is 12.5. The number of aryl methyl sites for hydroxylation is 1. The van der Waals surface area contributed by atoms with E-state index in [0.717, 1.165) is 23.7 Å². The molecule has 2 heterocycles. The van der Waals surface area contributed by atoms with E-state index in [9.17, 15) is 4.39 Å². The highest BCUT2D eigenvalue weighted by Gasteiger charge is 2.40. The summed E-state index contributed by atoms with van der Waals surface area (Å²) in [5.74, 6) is 1.01. The summed E-state index contributed by atoms with van der Waals surface area (Å²) >= 11 is 5.98. The number of amidine groups is 1. The second-order valence-electron chi connectivity index (χ2n) is 5.93. The van der Waals surface area contributed by atoms with Crippen molar-refractivity contribution in [1.29, 1.82) is 0 Å². The average molecular weight is 293 g/mol. The van der Waals surface area contributed by atoms with E-state index in [0.29, 0.717) is 13.1 Å². The maximum absolute atomic E-state index is 13.5. The molecule has 4 heteroatoms. The van der Waals surface area contributed by atoms with Gasteiger partial charge in [0.25, 0.3) is 0 Å². The van der Waals surface area contributed by atoms with Crippen molar-refractivity contribution in [3.63, 3.8) is 0 Å². The smallest absolute Gasteiger partial charge is 0.143 e. The van der Waals surface area contributed by atoms with Gasteiger partial charge in [0.15, 0.2) is 0 Å². The minimum absolute atomic E-state index is 0.467. The van der Waals surface area contributed by atoms with Crippen LogP contribution in [0.15, 0.2) is 29.4 Å². The molecule has 0 radical (unpaired) electrons. The second-order valence-corrected chi connectivity index (χ2v) is 6.36. The lowest BCUT2D eigenvalue weighted by molar-refractivity contribution is 0.0291. The van der Waals surface area contributed by atoms with Gasteiger partial charge in [-0.25, -0.2) is 9.38 Å². The summed E-state index contributed by atoms with van der Waals surface area (Å²) in [7, 11) is 0. The Morgan fingerprint density at radius 2 is 2.05 bits per heavy atom. The monoisotopic (exact) mass is 292 g/mol. The van der Waals surface area contributed by atoms with Gasteiger partial charge in [-0.1, -0.05) is 17.7 Å². The molecule has 0 saturated carbocycles. The first-order valence-electron chi connectivity index (χ1n) is 6.91. The van der Waals surface area contributed by atoms with E-state index in [4.69, 9.17) is 11.6 Å². The maximum atomic E-state index is 13.5. The Morgan fingerprint density at radius 1 is 1.30 bits per heavy atom. The molecule has 1 fully saturated rings. The Labute approximate surface area is 124 Å². The van der Waals surface area contributed by atoms with E-state index in [2.05, 4.69) is 11.9 Å². The van der Waals surface area contributed by atoms with E-state index in [-0.39, 0.29) is 0 Å². The number of alkyl halides is 1. The molecule has 20 heavy (non-hydrogen) atoms. The fourth-order valence-corrected chi connectivity index (χ4v) is 3.12. The predicted octanol–water partition coefficient (Wildman–Crippen LogP) is 4.23. The molecule has 2 aliphatic rings. The van der Waals surface area contributed by atoms with Crippen molar-refractivity contribution >= 4 is 23.0 Å². The van der Waals surface area contributed by atoms with Crippen molar-refractivity contribution in [3.05, 3.63) is 40.5 Å². The highest BCUT2D eigenvalue weighted by molar-refractivity contribution is 6.30. The molecule has 0 amide bonds. The van der Waals surface area contributed by atoms with Crippen molar-refractivity contribution in [2.24, 2.45) is 4.99 Å². The van der Waals surface area contributed by atoms with Crippen LogP contribution in [0.5, 0.6) is 0 Å². The minimum Gasteiger partial charge on any atom is -0.354 e. The van der Waals surface area contributed by atoms with E-state index >= 15 is 0 Å². The van der Waals surface area contributed by atoms with Crippen LogP contribution in [-0.2, 0) is 0 Å². The molecule has 3 rings (SSSR count). The van der Waals surface area contributed by atoms with Crippen LogP contribution in [0.1, 0.15) is 30.9 Å². The van der Waals surface area contributed by atoms with E-state index in [1.54, 1.807) is 6.92 Å². The first-order valence-corrected chi connectivity index (χ1v) is 7.28. The average Bonchev–Trinajstić information content (AvgIpc) is 2.36. The summed E-state index contributed by atoms with van der Waals surface area (Å²) < 4.78 is 13.5. The highest BCUT2D eigenvalue weighted by Crippen LogP contribution is 2.31. The third kappa shape index (κ3) is 2.59. The molecule has 0 atom stereocenters. The van der Waals surface area contributed by atoms with Gasteiger partial charge in [-0.3, -0.25) is 0 Å². The molecule has 0 spiro atoms. The van der Waals surface area contributed by atoms with E-state index < -0.39 is 5.67 Å². The van der Waals surface area contributed by atoms with E-state index in [1.807, 2.05) is 29.3 Å². The maximum Gasteiger partial charge on any atom is 0.143 e. The van der Waals surface area contributed by atoms with Gasteiger partial charge < -0.3 is 4.90 Å². The van der Waals surface area contributed by atoms with Gasteiger partial charge in [0.2, 0.25) is 0 Å². The van der Waals surface area contributed by atoms with Gasteiger partial charge in [-0.2, -0.15) is 0 Å². The van der Waals surface area contributed by atoms with E-state index in [1.165, 1.54) is 16.7 Å². The van der Waals surface area contributed by atoms with Crippen LogP contribution >= 0.6 is 11.6 Å². The second kappa shape index (κ2) is 4.88. The van der Waals surface area contributed by atoms with Gasteiger partial charge in [0.1, 0.15) is 11.5 Å². The third-order valence-electron chi connectivity index (χ3n) is 3.93. The van der Waals surface area contributed by atoms with Crippen LogP contribution in [0.2, 0.25) is 5.02 Å². The molecule has 1 aromatic rings. The predicted molar refractivity (Wildman–Crippen MR) is 81.9 cm³/mol. The lowest BCUT2D eigenvalue weighted by Gasteiger charge is -2.44. The summed E-state index contributed by atoms with van der Waals surface area (Å²) in [5.41, 5.74) is 2.56. The van der Waals surface area contributed by atoms with Crippen molar-refractivity contribution < 1.29 is 4.39 Å². The fourth-order valence-electron chi connectivity index (χ4n) is 2.89. The van der Waals surface area contributed by atoms with Gasteiger partial charge >= 0.3 is 0 Å². The first-order chi connectivity index (χ1) is 9.44. The van der Waals surface area contributed by atoms with Crippen LogP contribution in [0.3, 0.4) is 0 Å². The Morgan fingerprint density at radius 3 is 2.60 bits per heavy atom. The van der Waals surface area contributed by atoms with Crippen LogP contribution in [0.25, 0.3) is 5.57 Å². The van der Waals surface area contributed by atoms with Gasteiger partial charge in [-0.05, 0) is 49.1 Å². The molecule has 0 unspecified atom stereocenters. The highest BCUT2D eigenvalue weighted by atomic mass is 35.5. The molecule has 1 aromatic carbocycles. The first kappa shape index (κ1) is 13.6. The lowest BCUT2D eigenvalue weighted by atomic mass is 9.94. The van der Waals surface area contributed by atoms with Crippen molar-refractivity contribution in [2.45, 2.75) is 32.4 Å².